The van der Waals surface area contributed by atoms with Gasteiger partial charge in [-0.1, -0.05) is 13.0 Å². The van der Waals surface area contributed by atoms with Gasteiger partial charge in [0.1, 0.15) is 0 Å². The van der Waals surface area contributed by atoms with E-state index in [1.807, 2.05) is 6.07 Å². The Morgan fingerprint density at radius 2 is 2.10 bits per heavy atom. The third kappa shape index (κ3) is 3.70. The fourth-order valence-corrected chi connectivity index (χ4v) is 2.77. The molecule has 0 saturated heterocycles. The lowest BCUT2D eigenvalue weighted by molar-refractivity contribution is 0.0515. The van der Waals surface area contributed by atoms with E-state index in [1.165, 1.54) is 20.0 Å². The number of benzene rings is 1. The number of rotatable bonds is 8. The summed E-state index contributed by atoms with van der Waals surface area (Å²) in [4.78, 5) is 0. The molecule has 0 bridgehead atoms. The summed E-state index contributed by atoms with van der Waals surface area (Å²) in [5.41, 5.74) is 0.969. The zero-order chi connectivity index (χ0) is 14.5. The van der Waals surface area contributed by atoms with Gasteiger partial charge in [0.2, 0.25) is 0 Å². The van der Waals surface area contributed by atoms with Crippen molar-refractivity contribution in [3.8, 4) is 5.75 Å². The van der Waals surface area contributed by atoms with E-state index < -0.39 is 0 Å². The van der Waals surface area contributed by atoms with Crippen LogP contribution in [0, 0.1) is 11.7 Å². The van der Waals surface area contributed by atoms with Gasteiger partial charge in [-0.2, -0.15) is 0 Å². The molecule has 3 nitrogen and oxygen atoms in total. The summed E-state index contributed by atoms with van der Waals surface area (Å²) in [7, 11) is 3.25. The molecule has 2 rings (SSSR count). The highest BCUT2D eigenvalue weighted by atomic mass is 19.1. The van der Waals surface area contributed by atoms with Crippen molar-refractivity contribution in [3.63, 3.8) is 0 Å². The van der Waals surface area contributed by atoms with Crippen molar-refractivity contribution in [1.82, 2.24) is 5.32 Å². The molecule has 20 heavy (non-hydrogen) atoms. The highest BCUT2D eigenvalue weighted by molar-refractivity contribution is 5.30. The number of nitrogens with one attached hydrogen (secondary N) is 1. The molecule has 1 aliphatic carbocycles. The Hall–Kier alpha value is -1.13. The Morgan fingerprint density at radius 3 is 2.60 bits per heavy atom. The first-order valence-electron chi connectivity index (χ1n) is 7.28. The fourth-order valence-electron chi connectivity index (χ4n) is 2.77. The molecule has 1 aliphatic rings. The first-order valence-corrected chi connectivity index (χ1v) is 7.28. The predicted octanol–water partition coefficient (Wildman–Crippen LogP) is 2.78. The number of hydrogen-bond acceptors (Lipinski definition) is 3. The zero-order valence-corrected chi connectivity index (χ0v) is 12.5. The third-order valence-electron chi connectivity index (χ3n) is 3.89. The molecule has 1 aromatic rings. The van der Waals surface area contributed by atoms with E-state index in [0.717, 1.165) is 18.5 Å². The minimum Gasteiger partial charge on any atom is -0.494 e. The number of hydrogen-bond donors (Lipinski definition) is 1. The van der Waals surface area contributed by atoms with E-state index in [0.29, 0.717) is 11.7 Å². The molecule has 1 fully saturated rings. The molecule has 0 radical (unpaired) electrons. The minimum atomic E-state index is -0.305. The van der Waals surface area contributed by atoms with Crippen LogP contribution in [-0.4, -0.2) is 32.9 Å². The summed E-state index contributed by atoms with van der Waals surface area (Å²) in [6.45, 7) is 2.97. The molecule has 1 N–H and O–H groups in total. The molecule has 0 aliphatic heterocycles. The highest BCUT2D eigenvalue weighted by Gasteiger charge is 2.36. The molecule has 0 heterocycles. The number of ether oxygens (including phenoxy) is 2. The predicted molar refractivity (Wildman–Crippen MR) is 77.6 cm³/mol. The standard InChI is InChI=1S/C16H24FNO2/c1-4-18-14(16(20-3)12-6-7-12)10-11-5-8-15(19-2)13(17)9-11/h5,8-9,12,14,16,18H,4,6-7,10H2,1-3H3. The van der Waals surface area contributed by atoms with Crippen LogP contribution in [0.3, 0.4) is 0 Å². The van der Waals surface area contributed by atoms with E-state index in [4.69, 9.17) is 9.47 Å². The summed E-state index contributed by atoms with van der Waals surface area (Å²) in [5.74, 6) is 0.631. The lowest BCUT2D eigenvalue weighted by atomic mass is 9.98. The van der Waals surface area contributed by atoms with Gasteiger partial charge in [0.15, 0.2) is 11.6 Å². The van der Waals surface area contributed by atoms with Crippen molar-refractivity contribution in [1.29, 1.82) is 0 Å². The Balaban J connectivity index is 2.08. The Labute approximate surface area is 120 Å². The van der Waals surface area contributed by atoms with E-state index >= 15 is 0 Å². The maximum Gasteiger partial charge on any atom is 0.165 e. The first-order chi connectivity index (χ1) is 9.69. The quantitative estimate of drug-likeness (QED) is 0.795. The number of halogens is 1. The van der Waals surface area contributed by atoms with Crippen molar-refractivity contribution in [2.45, 2.75) is 38.3 Å². The first kappa shape index (κ1) is 15.3. The second-order valence-corrected chi connectivity index (χ2v) is 5.37. The van der Waals surface area contributed by atoms with Crippen LogP contribution in [0.1, 0.15) is 25.3 Å². The third-order valence-corrected chi connectivity index (χ3v) is 3.89. The van der Waals surface area contributed by atoms with Crippen LogP contribution in [-0.2, 0) is 11.2 Å². The Bertz CT molecular complexity index is 434. The number of methoxy groups -OCH3 is 2. The zero-order valence-electron chi connectivity index (χ0n) is 12.5. The average molecular weight is 281 g/mol. The van der Waals surface area contributed by atoms with E-state index in [-0.39, 0.29) is 18.0 Å². The van der Waals surface area contributed by atoms with Gasteiger partial charge in [0.05, 0.1) is 13.2 Å². The molecule has 0 aromatic heterocycles. The average Bonchev–Trinajstić information content (AvgIpc) is 3.25. The Morgan fingerprint density at radius 1 is 1.35 bits per heavy atom. The van der Waals surface area contributed by atoms with Crippen molar-refractivity contribution in [2.75, 3.05) is 20.8 Å². The van der Waals surface area contributed by atoms with Gasteiger partial charge < -0.3 is 14.8 Å². The van der Waals surface area contributed by atoms with Gasteiger partial charge in [0.25, 0.3) is 0 Å². The van der Waals surface area contributed by atoms with Crippen LogP contribution in [0.25, 0.3) is 0 Å². The van der Waals surface area contributed by atoms with Crippen LogP contribution in [0.15, 0.2) is 18.2 Å². The van der Waals surface area contributed by atoms with Crippen LogP contribution in [0.5, 0.6) is 5.75 Å². The highest BCUT2D eigenvalue weighted by Crippen LogP contribution is 2.36. The SMILES string of the molecule is CCNC(Cc1ccc(OC)c(F)c1)C(OC)C1CC1. The van der Waals surface area contributed by atoms with Crippen LogP contribution in [0.4, 0.5) is 4.39 Å². The Kier molecular flexibility index (Phi) is 5.38. The van der Waals surface area contributed by atoms with Gasteiger partial charge in [-0.25, -0.2) is 4.39 Å². The molecule has 0 spiro atoms. The smallest absolute Gasteiger partial charge is 0.165 e. The lowest BCUT2D eigenvalue weighted by Crippen LogP contribution is -2.43. The van der Waals surface area contributed by atoms with Gasteiger partial charge >= 0.3 is 0 Å². The summed E-state index contributed by atoms with van der Waals surface area (Å²) in [5, 5.41) is 3.47. The van der Waals surface area contributed by atoms with Crippen LogP contribution < -0.4 is 10.1 Å². The van der Waals surface area contributed by atoms with E-state index in [2.05, 4.69) is 12.2 Å². The van der Waals surface area contributed by atoms with Gasteiger partial charge in [-0.15, -0.1) is 0 Å². The molecule has 2 unspecified atom stereocenters. The summed E-state index contributed by atoms with van der Waals surface area (Å²) in [6.07, 6.45) is 3.44. The second-order valence-electron chi connectivity index (χ2n) is 5.37. The molecule has 2 atom stereocenters. The molecular weight excluding hydrogens is 257 g/mol. The van der Waals surface area contributed by atoms with Crippen molar-refractivity contribution >= 4 is 0 Å². The van der Waals surface area contributed by atoms with Crippen molar-refractivity contribution in [3.05, 3.63) is 29.6 Å². The van der Waals surface area contributed by atoms with Gasteiger partial charge in [-0.05, 0) is 49.4 Å². The van der Waals surface area contributed by atoms with Gasteiger partial charge in [-0.3, -0.25) is 0 Å². The monoisotopic (exact) mass is 281 g/mol. The fraction of sp³-hybridized carbons (Fsp3) is 0.625. The molecule has 112 valence electrons. The molecule has 1 aromatic carbocycles. The van der Waals surface area contributed by atoms with E-state index in [1.54, 1.807) is 19.2 Å². The topological polar surface area (TPSA) is 30.5 Å². The van der Waals surface area contributed by atoms with Crippen molar-refractivity contribution < 1.29 is 13.9 Å². The van der Waals surface area contributed by atoms with Crippen LogP contribution >= 0.6 is 0 Å². The summed E-state index contributed by atoms with van der Waals surface area (Å²) in [6, 6.07) is 5.40. The maximum atomic E-state index is 13.8. The molecular formula is C16H24FNO2. The summed E-state index contributed by atoms with van der Waals surface area (Å²) >= 11 is 0. The lowest BCUT2D eigenvalue weighted by Gasteiger charge is -2.27. The largest absolute Gasteiger partial charge is 0.494 e. The summed E-state index contributed by atoms with van der Waals surface area (Å²) < 4.78 is 24.4. The molecule has 0 amide bonds. The van der Waals surface area contributed by atoms with Crippen LogP contribution in [0.2, 0.25) is 0 Å². The molecule has 1 saturated carbocycles. The molecule has 4 heteroatoms. The minimum absolute atomic E-state index is 0.208. The number of likely N-dealkylation sites (N-methyl/N-ethyl adjacent to an activating group) is 1. The normalized spacial score (nSPS) is 17.8. The van der Waals surface area contributed by atoms with E-state index in [9.17, 15) is 4.39 Å². The van der Waals surface area contributed by atoms with Gasteiger partial charge in [0, 0.05) is 13.2 Å². The maximum absolute atomic E-state index is 13.8. The second kappa shape index (κ2) is 7.04. The van der Waals surface area contributed by atoms with Crippen molar-refractivity contribution in [2.24, 2.45) is 5.92 Å².